The van der Waals surface area contributed by atoms with Crippen molar-refractivity contribution < 1.29 is 28.5 Å². The van der Waals surface area contributed by atoms with Gasteiger partial charge in [0.05, 0.1) is 34.6 Å². The van der Waals surface area contributed by atoms with Crippen LogP contribution in [0, 0.1) is 5.82 Å². The molecule has 7 nitrogen and oxygen atoms in total. The van der Waals surface area contributed by atoms with Gasteiger partial charge in [0, 0.05) is 11.1 Å². The van der Waals surface area contributed by atoms with Crippen LogP contribution < -0.4 is 18.9 Å². The number of halogens is 1. The molecule has 0 radical (unpaired) electrons. The van der Waals surface area contributed by atoms with E-state index in [1.54, 1.807) is 18.2 Å². The Morgan fingerprint density at radius 2 is 1.48 bits per heavy atom. The molecule has 1 heterocycles. The predicted molar refractivity (Wildman–Crippen MR) is 96.4 cm³/mol. The first-order chi connectivity index (χ1) is 13.0. The van der Waals surface area contributed by atoms with E-state index in [9.17, 15) is 9.60 Å². The maximum Gasteiger partial charge on any atom is 0.203 e. The fraction of sp³-hybridized carbons (Fsp3) is 0.211. The quantitative estimate of drug-likeness (QED) is 0.664. The minimum Gasteiger partial charge on any atom is -0.494 e. The van der Waals surface area contributed by atoms with Crippen molar-refractivity contribution in [3.05, 3.63) is 42.3 Å². The lowest BCUT2D eigenvalue weighted by molar-refractivity contribution is 0.153. The van der Waals surface area contributed by atoms with Crippen LogP contribution in [0.4, 0.5) is 4.39 Å². The molecule has 1 N–H and O–H groups in total. The predicted octanol–water partition coefficient (Wildman–Crippen LogP) is 3.63. The summed E-state index contributed by atoms with van der Waals surface area (Å²) in [4.78, 5) is 0.720. The Morgan fingerprint density at radius 3 is 2.00 bits per heavy atom. The van der Waals surface area contributed by atoms with Crippen LogP contribution in [-0.2, 0) is 0 Å². The van der Waals surface area contributed by atoms with E-state index >= 15 is 0 Å². The highest BCUT2D eigenvalue weighted by Gasteiger charge is 2.21. The van der Waals surface area contributed by atoms with E-state index in [2.05, 4.69) is 5.10 Å². The Kier molecular flexibility index (Phi) is 5.07. The van der Waals surface area contributed by atoms with Gasteiger partial charge in [0.25, 0.3) is 0 Å². The van der Waals surface area contributed by atoms with E-state index in [0.29, 0.717) is 39.6 Å². The Labute approximate surface area is 155 Å². The second-order valence-electron chi connectivity index (χ2n) is 5.56. The van der Waals surface area contributed by atoms with Gasteiger partial charge in [-0.2, -0.15) is 0 Å². The van der Waals surface area contributed by atoms with Crippen LogP contribution in [0.5, 0.6) is 23.0 Å². The lowest BCUT2D eigenvalue weighted by Crippen LogP contribution is -1.99. The number of benzene rings is 2. The second-order valence-corrected chi connectivity index (χ2v) is 5.56. The molecular formula is C19H19FN2O5. The van der Waals surface area contributed by atoms with Crippen molar-refractivity contribution in [1.82, 2.24) is 9.94 Å². The van der Waals surface area contributed by atoms with Crippen LogP contribution in [0.15, 0.2) is 36.5 Å². The van der Waals surface area contributed by atoms with Gasteiger partial charge in [0.15, 0.2) is 23.1 Å². The lowest BCUT2D eigenvalue weighted by Gasteiger charge is -2.15. The molecule has 8 heteroatoms. The molecule has 142 valence electrons. The molecule has 3 rings (SSSR count). The van der Waals surface area contributed by atoms with Crippen LogP contribution in [0.1, 0.15) is 0 Å². The van der Waals surface area contributed by atoms with Gasteiger partial charge in [0.1, 0.15) is 5.69 Å². The number of aromatic nitrogens is 2. The van der Waals surface area contributed by atoms with Gasteiger partial charge < -0.3 is 24.2 Å². The molecule has 0 fully saturated rings. The molecule has 3 aromatic rings. The van der Waals surface area contributed by atoms with Crippen LogP contribution in [0.3, 0.4) is 0 Å². The third kappa shape index (κ3) is 3.21. The van der Waals surface area contributed by atoms with Gasteiger partial charge >= 0.3 is 0 Å². The highest BCUT2D eigenvalue weighted by Crippen LogP contribution is 2.43. The summed E-state index contributed by atoms with van der Waals surface area (Å²) >= 11 is 0. The van der Waals surface area contributed by atoms with Crippen molar-refractivity contribution in [2.45, 2.75) is 0 Å². The van der Waals surface area contributed by atoms with Gasteiger partial charge in [-0.15, -0.1) is 9.94 Å². The smallest absolute Gasteiger partial charge is 0.203 e. The zero-order valence-corrected chi connectivity index (χ0v) is 15.3. The molecule has 2 aromatic carbocycles. The minimum absolute atomic E-state index is 0.129. The second kappa shape index (κ2) is 7.45. The Balaban J connectivity index is 2.19. The van der Waals surface area contributed by atoms with Gasteiger partial charge in [-0.1, -0.05) is 6.07 Å². The van der Waals surface area contributed by atoms with Crippen molar-refractivity contribution in [2.75, 3.05) is 28.4 Å². The summed E-state index contributed by atoms with van der Waals surface area (Å²) in [6.07, 6.45) is 1.44. The van der Waals surface area contributed by atoms with E-state index < -0.39 is 5.82 Å². The molecule has 0 saturated carbocycles. The number of ether oxygens (including phenoxy) is 4. The number of methoxy groups -OCH3 is 4. The molecule has 0 spiro atoms. The van der Waals surface area contributed by atoms with Crippen LogP contribution in [-0.4, -0.2) is 43.6 Å². The Bertz CT molecular complexity index is 946. The number of hydrogen-bond acceptors (Lipinski definition) is 6. The number of rotatable bonds is 6. The molecule has 1 aromatic heterocycles. The van der Waals surface area contributed by atoms with E-state index in [1.807, 2.05) is 0 Å². The number of hydrogen-bond donors (Lipinski definition) is 1. The third-order valence-corrected chi connectivity index (χ3v) is 4.15. The summed E-state index contributed by atoms with van der Waals surface area (Å²) in [7, 11) is 5.89. The minimum atomic E-state index is -0.517. The Hall–Kier alpha value is -3.42. The van der Waals surface area contributed by atoms with Gasteiger partial charge in [-0.25, -0.2) is 4.39 Å². The zero-order chi connectivity index (χ0) is 19.6. The van der Waals surface area contributed by atoms with E-state index in [-0.39, 0.29) is 5.75 Å². The summed E-state index contributed by atoms with van der Waals surface area (Å²) in [5.41, 5.74) is 1.94. The molecule has 27 heavy (non-hydrogen) atoms. The summed E-state index contributed by atoms with van der Waals surface area (Å²) in [6.45, 7) is 0. The summed E-state index contributed by atoms with van der Waals surface area (Å²) in [6, 6.07) is 7.86. The molecule has 0 unspecified atom stereocenters. The maximum atomic E-state index is 14.1. The molecule has 0 bridgehead atoms. The van der Waals surface area contributed by atoms with Crippen LogP contribution >= 0.6 is 0 Å². The van der Waals surface area contributed by atoms with Crippen LogP contribution in [0.2, 0.25) is 0 Å². The van der Waals surface area contributed by atoms with E-state index in [4.69, 9.17) is 18.9 Å². The summed E-state index contributed by atoms with van der Waals surface area (Å²) in [5.74, 6) is 0.866. The first kappa shape index (κ1) is 18.4. The fourth-order valence-electron chi connectivity index (χ4n) is 2.87. The number of nitrogens with zero attached hydrogens (tertiary/aromatic N) is 2. The third-order valence-electron chi connectivity index (χ3n) is 4.15. The summed E-state index contributed by atoms with van der Waals surface area (Å²) < 4.78 is 35.1. The topological polar surface area (TPSA) is 75.0 Å². The largest absolute Gasteiger partial charge is 0.494 e. The van der Waals surface area contributed by atoms with Crippen molar-refractivity contribution in [3.63, 3.8) is 0 Å². The van der Waals surface area contributed by atoms with E-state index in [1.165, 1.54) is 46.8 Å². The fourth-order valence-corrected chi connectivity index (χ4v) is 2.87. The van der Waals surface area contributed by atoms with E-state index in [0.717, 1.165) is 4.85 Å². The molecule has 0 atom stereocenters. The maximum absolute atomic E-state index is 14.1. The molecule has 0 saturated heterocycles. The molecule has 0 aliphatic rings. The first-order valence-electron chi connectivity index (χ1n) is 7.95. The zero-order valence-electron chi connectivity index (χ0n) is 15.3. The lowest BCUT2D eigenvalue weighted by atomic mass is 10.0. The molecule has 0 aliphatic heterocycles. The molecular weight excluding hydrogens is 355 g/mol. The monoisotopic (exact) mass is 374 g/mol. The highest BCUT2D eigenvalue weighted by atomic mass is 19.1. The molecule has 0 aliphatic carbocycles. The highest BCUT2D eigenvalue weighted by molar-refractivity contribution is 5.83. The van der Waals surface area contributed by atoms with Crippen LogP contribution in [0.25, 0.3) is 22.4 Å². The summed E-state index contributed by atoms with van der Waals surface area (Å²) in [5, 5.41) is 14.1. The van der Waals surface area contributed by atoms with Crippen molar-refractivity contribution in [3.8, 4) is 45.4 Å². The first-order valence-corrected chi connectivity index (χ1v) is 7.95. The van der Waals surface area contributed by atoms with Gasteiger partial charge in [-0.05, 0) is 29.8 Å². The van der Waals surface area contributed by atoms with Gasteiger partial charge in [-0.3, -0.25) is 0 Å². The average Bonchev–Trinajstić information content (AvgIpc) is 3.08. The Morgan fingerprint density at radius 1 is 0.852 bits per heavy atom. The van der Waals surface area contributed by atoms with Crippen molar-refractivity contribution in [2.24, 2.45) is 0 Å². The van der Waals surface area contributed by atoms with Gasteiger partial charge in [0.2, 0.25) is 5.75 Å². The normalized spacial score (nSPS) is 10.6. The van der Waals surface area contributed by atoms with Crippen molar-refractivity contribution in [1.29, 1.82) is 0 Å². The van der Waals surface area contributed by atoms with Crippen molar-refractivity contribution >= 4 is 0 Å². The molecule has 0 amide bonds. The standard InChI is InChI=1S/C19H19FN2O5/c1-24-15-6-5-11(7-14(15)20)13-10-21-22(23)18(13)12-8-16(25-2)19(27-4)17(9-12)26-3/h5-10,23H,1-4H3. The SMILES string of the molecule is COc1ccc(-c2cnn(O)c2-c2cc(OC)c(OC)c(OC)c2)cc1F. The average molecular weight is 374 g/mol.